The van der Waals surface area contributed by atoms with Gasteiger partial charge in [0, 0.05) is 12.1 Å². The standard InChI is InChI=1S/C27H32O15/c1-38-17-5-11(6-18-20(17)14(31)7-16(40-18)10-2-3-12(29)13(30)4-10)41-27(26-24(36)21(33)15(32)9-39-26)25(37)23(35)22(34)19(8-28)42-27/h2-6,15-16,19,21-26,28-30,32-37H,7-9H2,1H3. The second kappa shape index (κ2) is 11.4. The third-order valence-corrected chi connectivity index (χ3v) is 7.71. The van der Waals surface area contributed by atoms with Gasteiger partial charge in [-0.25, -0.2) is 0 Å². The smallest absolute Gasteiger partial charge is 0.268 e. The van der Waals surface area contributed by atoms with E-state index in [1.54, 1.807) is 0 Å². The van der Waals surface area contributed by atoms with Gasteiger partial charge in [-0.05, 0) is 17.7 Å². The number of aliphatic hydroxyl groups is 7. The maximum atomic E-state index is 13.2. The highest BCUT2D eigenvalue weighted by Gasteiger charge is 2.64. The minimum Gasteiger partial charge on any atom is -0.504 e. The van der Waals surface area contributed by atoms with Crippen molar-refractivity contribution >= 4 is 5.78 Å². The zero-order valence-corrected chi connectivity index (χ0v) is 22.2. The summed E-state index contributed by atoms with van der Waals surface area (Å²) >= 11 is 0. The van der Waals surface area contributed by atoms with Gasteiger partial charge in [0.2, 0.25) is 0 Å². The van der Waals surface area contributed by atoms with Crippen LogP contribution in [0.3, 0.4) is 0 Å². The lowest BCUT2D eigenvalue weighted by Gasteiger charge is -2.53. The summed E-state index contributed by atoms with van der Waals surface area (Å²) in [5, 5.41) is 92.7. The van der Waals surface area contributed by atoms with Gasteiger partial charge < -0.3 is 69.6 Å². The van der Waals surface area contributed by atoms with Crippen LogP contribution in [-0.4, -0.2) is 127 Å². The Bertz CT molecular complexity index is 1320. The summed E-state index contributed by atoms with van der Waals surface area (Å²) in [5.74, 6) is -4.10. The Hall–Kier alpha value is -3.25. The summed E-state index contributed by atoms with van der Waals surface area (Å²) < 4.78 is 28.7. The summed E-state index contributed by atoms with van der Waals surface area (Å²) in [6, 6.07) is 6.39. The highest BCUT2D eigenvalue weighted by atomic mass is 16.7. The predicted molar refractivity (Wildman–Crippen MR) is 136 cm³/mol. The molecular weight excluding hydrogens is 564 g/mol. The van der Waals surface area contributed by atoms with Gasteiger partial charge >= 0.3 is 0 Å². The van der Waals surface area contributed by atoms with Crippen molar-refractivity contribution in [1.29, 1.82) is 0 Å². The van der Waals surface area contributed by atoms with Crippen molar-refractivity contribution in [3.05, 3.63) is 41.5 Å². The Morgan fingerprint density at radius 3 is 2.36 bits per heavy atom. The largest absolute Gasteiger partial charge is 0.504 e. The van der Waals surface area contributed by atoms with Gasteiger partial charge in [-0.15, -0.1) is 0 Å². The molecule has 0 saturated carbocycles. The van der Waals surface area contributed by atoms with E-state index < -0.39 is 85.5 Å². The van der Waals surface area contributed by atoms with E-state index in [0.29, 0.717) is 5.56 Å². The lowest BCUT2D eigenvalue weighted by Crippen LogP contribution is -2.76. The van der Waals surface area contributed by atoms with Gasteiger partial charge in [0.1, 0.15) is 65.5 Å². The summed E-state index contributed by atoms with van der Waals surface area (Å²) in [6.07, 6.45) is -15.6. The van der Waals surface area contributed by atoms with E-state index in [-0.39, 0.29) is 35.0 Å². The number of hydrogen-bond donors (Lipinski definition) is 9. The summed E-state index contributed by atoms with van der Waals surface area (Å²) in [5.41, 5.74) is 0.408. The molecule has 15 nitrogen and oxygen atoms in total. The van der Waals surface area contributed by atoms with Crippen LogP contribution in [0, 0.1) is 0 Å². The first-order valence-electron chi connectivity index (χ1n) is 13.0. The lowest BCUT2D eigenvalue weighted by atomic mass is 9.84. The van der Waals surface area contributed by atoms with E-state index >= 15 is 0 Å². The number of phenols is 2. The molecule has 5 rings (SSSR count). The monoisotopic (exact) mass is 596 g/mol. The van der Waals surface area contributed by atoms with Crippen molar-refractivity contribution in [3.8, 4) is 28.7 Å². The van der Waals surface area contributed by atoms with Crippen molar-refractivity contribution < 1.29 is 74.4 Å². The fourth-order valence-corrected chi connectivity index (χ4v) is 5.43. The quantitative estimate of drug-likeness (QED) is 0.161. The number of carbonyl (C=O) groups is 1. The molecule has 3 aliphatic rings. The van der Waals surface area contributed by atoms with Crippen LogP contribution in [0.5, 0.6) is 28.7 Å². The van der Waals surface area contributed by atoms with Crippen molar-refractivity contribution in [2.75, 3.05) is 20.3 Å². The van der Waals surface area contributed by atoms with Crippen LogP contribution in [0.2, 0.25) is 0 Å². The molecule has 0 aliphatic carbocycles. The number of fused-ring (bicyclic) bond motifs is 1. The molecule has 2 saturated heterocycles. The second-order valence-corrected chi connectivity index (χ2v) is 10.4. The summed E-state index contributed by atoms with van der Waals surface area (Å²) in [7, 11) is 1.27. The van der Waals surface area contributed by atoms with Crippen LogP contribution in [0.4, 0.5) is 0 Å². The van der Waals surface area contributed by atoms with E-state index in [9.17, 15) is 50.8 Å². The molecule has 10 unspecified atom stereocenters. The minimum atomic E-state index is -2.60. The molecule has 0 radical (unpaired) electrons. The Kier molecular flexibility index (Phi) is 8.23. The molecule has 3 aliphatic heterocycles. The number of phenolic OH excluding ortho intramolecular Hbond substituents is 2. The van der Waals surface area contributed by atoms with Crippen LogP contribution < -0.4 is 14.2 Å². The number of carbonyl (C=O) groups excluding carboxylic acids is 1. The maximum Gasteiger partial charge on any atom is 0.268 e. The average molecular weight is 597 g/mol. The van der Waals surface area contributed by atoms with Gasteiger partial charge in [-0.3, -0.25) is 4.79 Å². The van der Waals surface area contributed by atoms with E-state index in [4.69, 9.17) is 23.7 Å². The van der Waals surface area contributed by atoms with Gasteiger partial charge in [0.05, 0.1) is 26.7 Å². The van der Waals surface area contributed by atoms with E-state index in [0.717, 1.165) is 0 Å². The molecule has 2 aromatic rings. The number of benzene rings is 2. The number of aromatic hydroxyl groups is 2. The zero-order valence-electron chi connectivity index (χ0n) is 22.2. The van der Waals surface area contributed by atoms with Crippen LogP contribution in [0.15, 0.2) is 30.3 Å². The number of Topliss-reactive ketones (excluding diaryl/α,β-unsaturated/α-hetero) is 1. The van der Waals surface area contributed by atoms with Crippen molar-refractivity contribution in [1.82, 2.24) is 0 Å². The maximum absolute atomic E-state index is 13.2. The van der Waals surface area contributed by atoms with Gasteiger partial charge in [0.15, 0.2) is 29.5 Å². The Labute approximate surface area is 238 Å². The fourth-order valence-electron chi connectivity index (χ4n) is 5.43. The van der Waals surface area contributed by atoms with Gasteiger partial charge in [-0.1, -0.05) is 6.07 Å². The number of hydrogen-bond acceptors (Lipinski definition) is 15. The van der Waals surface area contributed by atoms with Gasteiger partial charge in [-0.2, -0.15) is 0 Å². The first-order valence-corrected chi connectivity index (χ1v) is 13.0. The molecule has 42 heavy (non-hydrogen) atoms. The number of ketones is 1. The summed E-state index contributed by atoms with van der Waals surface area (Å²) in [6.45, 7) is -1.41. The first kappa shape index (κ1) is 30.2. The van der Waals surface area contributed by atoms with Gasteiger partial charge in [0.25, 0.3) is 5.79 Å². The highest BCUT2D eigenvalue weighted by Crippen LogP contribution is 2.46. The number of ether oxygens (including phenoxy) is 5. The molecule has 0 amide bonds. The molecule has 0 aromatic heterocycles. The SMILES string of the molecule is COc1cc(OC2(C3OCC(O)C(O)C3O)OC(CO)C(O)C(O)C2O)cc2c1C(=O)CC(c1ccc(O)c(O)c1)O2. The molecule has 10 atom stereocenters. The average Bonchev–Trinajstić information content (AvgIpc) is 2.97. The number of rotatable bonds is 6. The van der Waals surface area contributed by atoms with Crippen molar-refractivity contribution in [3.63, 3.8) is 0 Å². The summed E-state index contributed by atoms with van der Waals surface area (Å²) in [4.78, 5) is 13.2. The first-order chi connectivity index (χ1) is 19.9. The molecule has 3 heterocycles. The van der Waals surface area contributed by atoms with E-state index in [1.807, 2.05) is 0 Å². The number of methoxy groups -OCH3 is 1. The van der Waals surface area contributed by atoms with Crippen LogP contribution >= 0.6 is 0 Å². The zero-order chi connectivity index (χ0) is 30.5. The molecule has 0 bridgehead atoms. The van der Waals surface area contributed by atoms with Crippen LogP contribution in [0.1, 0.15) is 28.4 Å². The highest BCUT2D eigenvalue weighted by molar-refractivity contribution is 6.02. The molecule has 2 fully saturated rings. The third-order valence-electron chi connectivity index (χ3n) is 7.71. The molecule has 2 aromatic carbocycles. The Morgan fingerprint density at radius 2 is 1.69 bits per heavy atom. The Morgan fingerprint density at radius 1 is 0.952 bits per heavy atom. The lowest BCUT2D eigenvalue weighted by molar-refractivity contribution is -0.388. The molecule has 9 N–H and O–H groups in total. The number of aliphatic hydroxyl groups excluding tert-OH is 7. The van der Waals surface area contributed by atoms with Crippen molar-refractivity contribution in [2.24, 2.45) is 0 Å². The Balaban J connectivity index is 1.57. The minimum absolute atomic E-state index is 0.0280. The molecular formula is C27H32O15. The van der Waals surface area contributed by atoms with Crippen LogP contribution in [0.25, 0.3) is 0 Å². The molecule has 0 spiro atoms. The normalized spacial score (nSPS) is 36.6. The fraction of sp³-hybridized carbons (Fsp3) is 0.519. The van der Waals surface area contributed by atoms with Crippen LogP contribution in [-0.2, 0) is 9.47 Å². The predicted octanol–water partition coefficient (Wildman–Crippen LogP) is -2.16. The van der Waals surface area contributed by atoms with Crippen molar-refractivity contribution in [2.45, 2.75) is 67.1 Å². The molecule has 230 valence electrons. The van der Waals surface area contributed by atoms with E-state index in [2.05, 4.69) is 0 Å². The van der Waals surface area contributed by atoms with E-state index in [1.165, 1.54) is 37.4 Å². The second-order valence-electron chi connectivity index (χ2n) is 10.4. The molecule has 15 heteroatoms. The topological polar surface area (TPSA) is 245 Å². The third kappa shape index (κ3) is 5.02.